The van der Waals surface area contributed by atoms with Crippen molar-refractivity contribution in [3.05, 3.63) is 0 Å². The Morgan fingerprint density at radius 1 is 1.15 bits per heavy atom. The van der Waals surface area contributed by atoms with Crippen molar-refractivity contribution in [2.24, 2.45) is 11.8 Å². The third kappa shape index (κ3) is 3.28. The summed E-state index contributed by atoms with van der Waals surface area (Å²) in [6.45, 7) is 10.9. The topological polar surface area (TPSA) is 21.3 Å². The fourth-order valence-electron chi connectivity index (χ4n) is 2.24. The number of hydrogen-bond acceptors (Lipinski definition) is 2. The van der Waals surface area contributed by atoms with Crippen molar-refractivity contribution in [2.45, 2.75) is 46.3 Å². The van der Waals surface area contributed by atoms with E-state index in [4.69, 9.17) is 4.74 Å². The number of rotatable bonds is 4. The molecule has 0 saturated carbocycles. The van der Waals surface area contributed by atoms with Crippen LogP contribution in [0.5, 0.6) is 0 Å². The van der Waals surface area contributed by atoms with Gasteiger partial charge in [0.25, 0.3) is 0 Å². The Labute approximate surface area is 82.0 Å². The van der Waals surface area contributed by atoms with Gasteiger partial charge in [-0.05, 0) is 24.7 Å². The predicted molar refractivity (Wildman–Crippen MR) is 55.6 cm³/mol. The van der Waals surface area contributed by atoms with Gasteiger partial charge in [0.05, 0.1) is 6.61 Å². The molecule has 1 aliphatic heterocycles. The Bertz CT molecular complexity index is 136. The Kier molecular flexibility index (Phi) is 3.74. The second kappa shape index (κ2) is 4.43. The quantitative estimate of drug-likeness (QED) is 0.726. The van der Waals surface area contributed by atoms with E-state index in [2.05, 4.69) is 33.0 Å². The van der Waals surface area contributed by atoms with Crippen LogP contribution in [-0.2, 0) is 4.74 Å². The molecule has 0 spiro atoms. The first kappa shape index (κ1) is 11.0. The second-order valence-corrected chi connectivity index (χ2v) is 4.97. The molecule has 0 aromatic carbocycles. The maximum absolute atomic E-state index is 5.85. The molecule has 1 saturated heterocycles. The number of hydrogen-bond donors (Lipinski definition) is 1. The zero-order valence-electron chi connectivity index (χ0n) is 9.39. The summed E-state index contributed by atoms with van der Waals surface area (Å²) in [5, 5.41) is 3.51. The average Bonchev–Trinajstić information content (AvgIpc) is 2.33. The largest absolute Gasteiger partial charge is 0.359 e. The molecular weight excluding hydrogens is 162 g/mol. The Balaban J connectivity index is 2.52. The fraction of sp³-hybridized carbons (Fsp3) is 1.00. The summed E-state index contributed by atoms with van der Waals surface area (Å²) in [6, 6.07) is 0. The summed E-state index contributed by atoms with van der Waals surface area (Å²) in [7, 11) is 0. The van der Waals surface area contributed by atoms with Crippen molar-refractivity contribution in [2.75, 3.05) is 13.2 Å². The summed E-state index contributed by atoms with van der Waals surface area (Å²) < 4.78 is 5.85. The standard InChI is InChI=1S/C11H23NO/c1-9(2)7-11(8-10(3)4)12-5-6-13-11/h9-10,12H,5-8H2,1-4H3. The van der Waals surface area contributed by atoms with Crippen molar-refractivity contribution in [1.29, 1.82) is 0 Å². The van der Waals surface area contributed by atoms with Crippen molar-refractivity contribution in [3.8, 4) is 0 Å². The highest BCUT2D eigenvalue weighted by molar-refractivity contribution is 4.84. The summed E-state index contributed by atoms with van der Waals surface area (Å²) in [5.74, 6) is 1.40. The Hall–Kier alpha value is -0.0800. The van der Waals surface area contributed by atoms with Gasteiger partial charge in [-0.15, -0.1) is 0 Å². The van der Waals surface area contributed by atoms with Crippen LogP contribution in [0.25, 0.3) is 0 Å². The molecule has 1 fully saturated rings. The lowest BCUT2D eigenvalue weighted by Gasteiger charge is -2.32. The maximum Gasteiger partial charge on any atom is 0.119 e. The van der Waals surface area contributed by atoms with Gasteiger partial charge >= 0.3 is 0 Å². The summed E-state index contributed by atoms with van der Waals surface area (Å²) in [5.41, 5.74) is -0.0116. The predicted octanol–water partition coefficient (Wildman–Crippen LogP) is 2.39. The van der Waals surface area contributed by atoms with Crippen LogP contribution in [0.2, 0.25) is 0 Å². The zero-order valence-corrected chi connectivity index (χ0v) is 9.39. The highest BCUT2D eigenvalue weighted by atomic mass is 16.5. The van der Waals surface area contributed by atoms with Gasteiger partial charge < -0.3 is 4.74 Å². The normalized spacial score (nSPS) is 21.7. The van der Waals surface area contributed by atoms with Gasteiger partial charge in [0, 0.05) is 6.54 Å². The number of nitrogens with one attached hydrogen (secondary N) is 1. The molecule has 0 aliphatic carbocycles. The summed E-state index contributed by atoms with van der Waals surface area (Å²) in [6.07, 6.45) is 2.26. The van der Waals surface area contributed by atoms with E-state index < -0.39 is 0 Å². The summed E-state index contributed by atoms with van der Waals surface area (Å²) >= 11 is 0. The molecule has 0 radical (unpaired) electrons. The van der Waals surface area contributed by atoms with Crippen LogP contribution in [0.4, 0.5) is 0 Å². The SMILES string of the molecule is CC(C)CC1(CC(C)C)NCCO1. The van der Waals surface area contributed by atoms with Crippen LogP contribution in [0.3, 0.4) is 0 Å². The van der Waals surface area contributed by atoms with E-state index in [0.29, 0.717) is 11.8 Å². The minimum atomic E-state index is -0.0116. The first-order valence-corrected chi connectivity index (χ1v) is 5.43. The summed E-state index contributed by atoms with van der Waals surface area (Å²) in [4.78, 5) is 0. The first-order valence-electron chi connectivity index (χ1n) is 5.43. The number of ether oxygens (including phenoxy) is 1. The molecule has 1 aliphatic rings. The third-order valence-electron chi connectivity index (χ3n) is 2.40. The third-order valence-corrected chi connectivity index (χ3v) is 2.40. The van der Waals surface area contributed by atoms with Crippen LogP contribution in [0.15, 0.2) is 0 Å². The zero-order chi connectivity index (χ0) is 9.90. The molecule has 0 atom stereocenters. The molecule has 1 rings (SSSR count). The van der Waals surface area contributed by atoms with Gasteiger partial charge in [0.1, 0.15) is 5.72 Å². The van der Waals surface area contributed by atoms with Crippen LogP contribution in [-0.4, -0.2) is 18.9 Å². The van der Waals surface area contributed by atoms with Crippen LogP contribution < -0.4 is 5.32 Å². The molecule has 2 heteroatoms. The molecule has 0 unspecified atom stereocenters. The van der Waals surface area contributed by atoms with E-state index >= 15 is 0 Å². The monoisotopic (exact) mass is 185 g/mol. The van der Waals surface area contributed by atoms with Crippen LogP contribution in [0.1, 0.15) is 40.5 Å². The van der Waals surface area contributed by atoms with Crippen molar-refractivity contribution in [1.82, 2.24) is 5.32 Å². The van der Waals surface area contributed by atoms with Gasteiger partial charge in [0.2, 0.25) is 0 Å². The maximum atomic E-state index is 5.85. The van der Waals surface area contributed by atoms with Crippen LogP contribution >= 0.6 is 0 Å². The van der Waals surface area contributed by atoms with Gasteiger partial charge in [-0.3, -0.25) is 5.32 Å². The van der Waals surface area contributed by atoms with Gasteiger partial charge in [-0.2, -0.15) is 0 Å². The average molecular weight is 185 g/mol. The van der Waals surface area contributed by atoms with E-state index in [1.165, 1.54) is 0 Å². The lowest BCUT2D eigenvalue weighted by atomic mass is 9.92. The van der Waals surface area contributed by atoms with E-state index in [0.717, 1.165) is 26.0 Å². The lowest BCUT2D eigenvalue weighted by Crippen LogP contribution is -2.43. The molecule has 0 amide bonds. The van der Waals surface area contributed by atoms with Crippen LogP contribution in [0, 0.1) is 11.8 Å². The second-order valence-electron chi connectivity index (χ2n) is 4.97. The van der Waals surface area contributed by atoms with E-state index in [1.807, 2.05) is 0 Å². The molecule has 1 N–H and O–H groups in total. The van der Waals surface area contributed by atoms with Crippen molar-refractivity contribution >= 4 is 0 Å². The minimum absolute atomic E-state index is 0.0116. The molecule has 0 aromatic rings. The van der Waals surface area contributed by atoms with Gasteiger partial charge in [0.15, 0.2) is 0 Å². The molecule has 1 heterocycles. The van der Waals surface area contributed by atoms with E-state index in [9.17, 15) is 0 Å². The molecule has 13 heavy (non-hydrogen) atoms. The minimum Gasteiger partial charge on any atom is -0.359 e. The molecule has 0 bridgehead atoms. The van der Waals surface area contributed by atoms with E-state index in [1.54, 1.807) is 0 Å². The highest BCUT2D eigenvalue weighted by Crippen LogP contribution is 2.28. The Morgan fingerprint density at radius 3 is 2.00 bits per heavy atom. The molecular formula is C11H23NO. The molecule has 0 aromatic heterocycles. The van der Waals surface area contributed by atoms with Crippen molar-refractivity contribution in [3.63, 3.8) is 0 Å². The highest BCUT2D eigenvalue weighted by Gasteiger charge is 2.35. The van der Waals surface area contributed by atoms with Gasteiger partial charge in [-0.1, -0.05) is 27.7 Å². The smallest absolute Gasteiger partial charge is 0.119 e. The Morgan fingerprint density at radius 2 is 1.69 bits per heavy atom. The van der Waals surface area contributed by atoms with Gasteiger partial charge in [-0.25, -0.2) is 0 Å². The molecule has 78 valence electrons. The van der Waals surface area contributed by atoms with Crippen molar-refractivity contribution < 1.29 is 4.74 Å². The molecule has 2 nitrogen and oxygen atoms in total. The lowest BCUT2D eigenvalue weighted by molar-refractivity contribution is -0.0413. The fourth-order valence-corrected chi connectivity index (χ4v) is 2.24. The first-order chi connectivity index (χ1) is 6.04. The van der Waals surface area contributed by atoms with E-state index in [-0.39, 0.29) is 5.72 Å².